The standard InChI is InChI=1S/C26H23N3O6/c1-13-8-10-15-16(12-13)28-26(27-15)29-22(19-11-9-14(2)35-19)21(24(31)25(29)32)23(30)20-17(33-3)6-5-7-18(20)34-4/h5-12,22,30H,1-4H3,(H,27,28)/b23-21+. The van der Waals surface area contributed by atoms with Crippen molar-refractivity contribution in [3.05, 3.63) is 76.8 Å². The summed E-state index contributed by atoms with van der Waals surface area (Å²) in [6, 6.07) is 12.9. The van der Waals surface area contributed by atoms with Crippen LogP contribution in [0.25, 0.3) is 16.8 Å². The van der Waals surface area contributed by atoms with Gasteiger partial charge in [0.2, 0.25) is 5.95 Å². The Kier molecular flexibility index (Phi) is 5.32. The molecule has 5 rings (SSSR count). The summed E-state index contributed by atoms with van der Waals surface area (Å²) in [6.45, 7) is 3.70. The first-order valence-electron chi connectivity index (χ1n) is 10.9. The second-order valence-electron chi connectivity index (χ2n) is 8.24. The number of nitrogens with one attached hydrogen (secondary N) is 1. The Balaban J connectivity index is 1.77. The number of ether oxygens (including phenoxy) is 2. The normalized spacial score (nSPS) is 17.4. The van der Waals surface area contributed by atoms with E-state index in [1.807, 2.05) is 25.1 Å². The van der Waals surface area contributed by atoms with Crippen LogP contribution in [0.3, 0.4) is 0 Å². The molecule has 1 fully saturated rings. The number of aryl methyl sites for hydroxylation is 2. The highest BCUT2D eigenvalue weighted by Gasteiger charge is 2.50. The summed E-state index contributed by atoms with van der Waals surface area (Å²) in [4.78, 5) is 35.6. The number of aliphatic hydroxyl groups excluding tert-OH is 1. The van der Waals surface area contributed by atoms with Crippen LogP contribution in [0.5, 0.6) is 11.5 Å². The molecule has 1 amide bonds. The lowest BCUT2D eigenvalue weighted by molar-refractivity contribution is -0.132. The highest BCUT2D eigenvalue weighted by atomic mass is 16.5. The third-order valence-corrected chi connectivity index (χ3v) is 5.99. The van der Waals surface area contributed by atoms with Gasteiger partial charge in [-0.2, -0.15) is 0 Å². The van der Waals surface area contributed by atoms with Crippen molar-refractivity contribution >= 4 is 34.4 Å². The monoisotopic (exact) mass is 473 g/mol. The fourth-order valence-electron chi connectivity index (χ4n) is 4.36. The first-order valence-corrected chi connectivity index (χ1v) is 10.9. The molecule has 2 aromatic heterocycles. The number of hydrogen-bond donors (Lipinski definition) is 2. The topological polar surface area (TPSA) is 118 Å². The SMILES string of the molecule is COc1cccc(OC)c1/C(O)=C1\C(=O)C(=O)N(c2nc3ccc(C)cc3[nH]2)C1c1ccc(C)o1. The van der Waals surface area contributed by atoms with E-state index in [-0.39, 0.29) is 28.6 Å². The Labute approximate surface area is 200 Å². The number of hydrogen-bond acceptors (Lipinski definition) is 7. The molecular formula is C26H23N3O6. The van der Waals surface area contributed by atoms with Gasteiger partial charge in [-0.25, -0.2) is 4.98 Å². The van der Waals surface area contributed by atoms with Crippen LogP contribution in [0.4, 0.5) is 5.95 Å². The maximum Gasteiger partial charge on any atom is 0.302 e. The summed E-state index contributed by atoms with van der Waals surface area (Å²) in [5, 5.41) is 11.5. The summed E-state index contributed by atoms with van der Waals surface area (Å²) in [5.41, 5.74) is 2.35. The van der Waals surface area contributed by atoms with E-state index >= 15 is 0 Å². The molecule has 0 spiro atoms. The molecule has 0 aliphatic carbocycles. The molecule has 9 nitrogen and oxygen atoms in total. The molecule has 178 valence electrons. The van der Waals surface area contributed by atoms with Crippen LogP contribution >= 0.6 is 0 Å². The molecule has 0 saturated carbocycles. The minimum Gasteiger partial charge on any atom is -0.506 e. The van der Waals surface area contributed by atoms with E-state index in [0.717, 1.165) is 5.56 Å². The van der Waals surface area contributed by atoms with Crippen LogP contribution < -0.4 is 14.4 Å². The molecule has 1 aliphatic rings. The van der Waals surface area contributed by atoms with Gasteiger partial charge in [0.25, 0.3) is 5.78 Å². The van der Waals surface area contributed by atoms with E-state index in [4.69, 9.17) is 13.9 Å². The Morgan fingerprint density at radius 3 is 2.40 bits per heavy atom. The zero-order chi connectivity index (χ0) is 24.9. The van der Waals surface area contributed by atoms with Gasteiger partial charge in [-0.05, 0) is 55.8 Å². The molecule has 0 bridgehead atoms. The molecule has 9 heteroatoms. The number of Topliss-reactive ketones (excluding diaryl/α,β-unsaturated/α-hetero) is 1. The smallest absolute Gasteiger partial charge is 0.302 e. The van der Waals surface area contributed by atoms with E-state index < -0.39 is 23.5 Å². The van der Waals surface area contributed by atoms with Gasteiger partial charge >= 0.3 is 5.91 Å². The van der Waals surface area contributed by atoms with Gasteiger partial charge < -0.3 is 24.0 Å². The van der Waals surface area contributed by atoms with Gasteiger partial charge in [0, 0.05) is 0 Å². The largest absolute Gasteiger partial charge is 0.506 e. The average molecular weight is 473 g/mol. The van der Waals surface area contributed by atoms with Crippen LogP contribution in [0.1, 0.15) is 28.7 Å². The van der Waals surface area contributed by atoms with Crippen molar-refractivity contribution in [1.29, 1.82) is 0 Å². The number of imidazole rings is 1. The Bertz CT molecular complexity index is 1490. The highest BCUT2D eigenvalue weighted by molar-refractivity contribution is 6.51. The molecule has 4 aromatic rings. The minimum atomic E-state index is -1.07. The number of nitrogens with zero attached hydrogens (tertiary/aromatic N) is 2. The number of furan rings is 1. The van der Waals surface area contributed by atoms with E-state index in [0.29, 0.717) is 22.6 Å². The van der Waals surface area contributed by atoms with Crippen molar-refractivity contribution in [2.45, 2.75) is 19.9 Å². The van der Waals surface area contributed by atoms with Gasteiger partial charge in [-0.1, -0.05) is 12.1 Å². The number of anilines is 1. The van der Waals surface area contributed by atoms with Crippen molar-refractivity contribution in [1.82, 2.24) is 9.97 Å². The molecule has 3 heterocycles. The number of ketones is 1. The summed E-state index contributed by atoms with van der Waals surface area (Å²) < 4.78 is 16.7. The second-order valence-corrected chi connectivity index (χ2v) is 8.24. The molecule has 35 heavy (non-hydrogen) atoms. The molecule has 2 aromatic carbocycles. The molecule has 2 N–H and O–H groups in total. The Hall–Kier alpha value is -4.53. The van der Waals surface area contributed by atoms with Gasteiger partial charge in [0.05, 0.1) is 30.8 Å². The predicted molar refractivity (Wildman–Crippen MR) is 129 cm³/mol. The quantitative estimate of drug-likeness (QED) is 0.250. The van der Waals surface area contributed by atoms with E-state index in [2.05, 4.69) is 9.97 Å². The summed E-state index contributed by atoms with van der Waals surface area (Å²) >= 11 is 0. The lowest BCUT2D eigenvalue weighted by atomic mass is 9.98. The van der Waals surface area contributed by atoms with Crippen molar-refractivity contribution in [3.8, 4) is 11.5 Å². The van der Waals surface area contributed by atoms with E-state index in [1.165, 1.54) is 19.1 Å². The molecule has 1 unspecified atom stereocenters. The number of methoxy groups -OCH3 is 2. The highest BCUT2D eigenvalue weighted by Crippen LogP contribution is 2.45. The molecule has 0 radical (unpaired) electrons. The number of carbonyl (C=O) groups is 2. The van der Waals surface area contributed by atoms with Crippen LogP contribution in [0.2, 0.25) is 0 Å². The number of H-pyrrole nitrogens is 1. The third-order valence-electron chi connectivity index (χ3n) is 5.99. The number of aromatic amines is 1. The number of fused-ring (bicyclic) bond motifs is 1. The van der Waals surface area contributed by atoms with Gasteiger partial charge in [0.15, 0.2) is 0 Å². The van der Waals surface area contributed by atoms with Crippen LogP contribution in [0.15, 0.2) is 58.5 Å². The fourth-order valence-corrected chi connectivity index (χ4v) is 4.36. The van der Waals surface area contributed by atoms with Crippen LogP contribution in [0, 0.1) is 13.8 Å². The Morgan fingerprint density at radius 1 is 1.06 bits per heavy atom. The zero-order valence-corrected chi connectivity index (χ0v) is 19.6. The zero-order valence-electron chi connectivity index (χ0n) is 19.6. The lowest BCUT2D eigenvalue weighted by Gasteiger charge is -2.21. The van der Waals surface area contributed by atoms with Crippen molar-refractivity contribution in [3.63, 3.8) is 0 Å². The van der Waals surface area contributed by atoms with Crippen LogP contribution in [-0.2, 0) is 9.59 Å². The third kappa shape index (κ3) is 3.52. The average Bonchev–Trinajstić information content (AvgIpc) is 3.53. The number of rotatable bonds is 5. The predicted octanol–water partition coefficient (Wildman–Crippen LogP) is 4.42. The maximum atomic E-state index is 13.4. The molecule has 1 aliphatic heterocycles. The van der Waals surface area contributed by atoms with Crippen molar-refractivity contribution < 1.29 is 28.6 Å². The van der Waals surface area contributed by atoms with Crippen molar-refractivity contribution in [2.75, 3.05) is 19.1 Å². The van der Waals surface area contributed by atoms with E-state index in [9.17, 15) is 14.7 Å². The number of benzene rings is 2. The molecular weight excluding hydrogens is 450 g/mol. The number of aliphatic hydroxyl groups is 1. The fraction of sp³-hybridized carbons (Fsp3) is 0.192. The number of amides is 1. The minimum absolute atomic E-state index is 0.156. The summed E-state index contributed by atoms with van der Waals surface area (Å²) in [5.74, 6) is -0.567. The molecule has 1 saturated heterocycles. The molecule has 1 atom stereocenters. The van der Waals surface area contributed by atoms with Gasteiger partial charge in [-0.3, -0.25) is 14.5 Å². The van der Waals surface area contributed by atoms with Gasteiger partial charge in [0.1, 0.15) is 40.4 Å². The summed E-state index contributed by atoms with van der Waals surface area (Å²) in [7, 11) is 2.88. The van der Waals surface area contributed by atoms with E-state index in [1.54, 1.807) is 37.3 Å². The summed E-state index contributed by atoms with van der Waals surface area (Å²) in [6.07, 6.45) is 0. The van der Waals surface area contributed by atoms with Gasteiger partial charge in [-0.15, -0.1) is 0 Å². The maximum absolute atomic E-state index is 13.4. The van der Waals surface area contributed by atoms with Crippen LogP contribution in [-0.4, -0.2) is 41.0 Å². The first kappa shape index (κ1) is 22.3. The van der Waals surface area contributed by atoms with Crippen molar-refractivity contribution in [2.24, 2.45) is 0 Å². The lowest BCUT2D eigenvalue weighted by Crippen LogP contribution is -2.30. The second kappa shape index (κ2) is 8.35. The number of carbonyl (C=O) groups excluding carboxylic acids is 2. The Morgan fingerprint density at radius 2 is 1.77 bits per heavy atom. The first-order chi connectivity index (χ1) is 16.8. The number of aromatic nitrogens is 2.